The third kappa shape index (κ3) is 3.31. The van der Waals surface area contributed by atoms with E-state index >= 15 is 0 Å². The highest BCUT2D eigenvalue weighted by Crippen LogP contribution is 2.21. The number of carbonyl (C=O) groups is 1. The maximum absolute atomic E-state index is 11.1. The number of rotatable bonds is 5. The molecule has 1 unspecified atom stereocenters. The molecule has 2 aromatic rings. The summed E-state index contributed by atoms with van der Waals surface area (Å²) in [5.74, 6) is -0.867. The van der Waals surface area contributed by atoms with Crippen molar-refractivity contribution < 1.29 is 14.6 Å². The number of aromatic nitrogens is 1. The molecule has 1 aromatic carbocycles. The van der Waals surface area contributed by atoms with Gasteiger partial charge in [-0.05, 0) is 24.1 Å². The Balaban J connectivity index is 2.14. The van der Waals surface area contributed by atoms with Crippen LogP contribution in [0.1, 0.15) is 24.0 Å². The number of benzene rings is 1. The maximum atomic E-state index is 11.1. The van der Waals surface area contributed by atoms with Gasteiger partial charge in [-0.15, -0.1) is 0 Å². The summed E-state index contributed by atoms with van der Waals surface area (Å²) >= 11 is 0. The number of hydrogen-bond donors (Lipinski definition) is 1. The molecule has 0 radical (unpaired) electrons. The smallest absolute Gasteiger partial charge is 0.310 e. The molecule has 1 atom stereocenters. The summed E-state index contributed by atoms with van der Waals surface area (Å²) in [6.45, 7) is 1.98. The van der Waals surface area contributed by atoms with Crippen molar-refractivity contribution in [1.82, 2.24) is 4.98 Å². The van der Waals surface area contributed by atoms with Crippen LogP contribution in [-0.2, 0) is 11.4 Å². The SMILES string of the molecule is CC(C(=O)O)c1ccccc1COc1ccccn1. The third-order valence-corrected chi connectivity index (χ3v) is 2.91. The standard InChI is InChI=1S/C15H15NO3/c1-11(15(17)18)13-7-3-2-6-12(13)10-19-14-8-4-5-9-16-14/h2-9,11H,10H2,1H3,(H,17,18). The second-order valence-electron chi connectivity index (χ2n) is 4.22. The van der Waals surface area contributed by atoms with Crippen LogP contribution >= 0.6 is 0 Å². The minimum absolute atomic E-state index is 0.310. The van der Waals surface area contributed by atoms with Gasteiger partial charge in [0.2, 0.25) is 5.88 Å². The monoisotopic (exact) mass is 257 g/mol. The number of aliphatic carboxylic acids is 1. The summed E-state index contributed by atoms with van der Waals surface area (Å²) in [7, 11) is 0. The minimum Gasteiger partial charge on any atom is -0.481 e. The van der Waals surface area contributed by atoms with Crippen molar-refractivity contribution in [3.8, 4) is 5.88 Å². The highest BCUT2D eigenvalue weighted by atomic mass is 16.5. The van der Waals surface area contributed by atoms with Crippen LogP contribution in [0.3, 0.4) is 0 Å². The first-order valence-corrected chi connectivity index (χ1v) is 6.03. The van der Waals surface area contributed by atoms with Gasteiger partial charge in [-0.1, -0.05) is 30.3 Å². The van der Waals surface area contributed by atoms with Crippen LogP contribution in [0.5, 0.6) is 5.88 Å². The quantitative estimate of drug-likeness (QED) is 0.894. The van der Waals surface area contributed by atoms with E-state index in [4.69, 9.17) is 9.84 Å². The van der Waals surface area contributed by atoms with Gasteiger partial charge in [0.05, 0.1) is 5.92 Å². The molecule has 0 spiro atoms. The van der Waals surface area contributed by atoms with Crippen molar-refractivity contribution in [3.63, 3.8) is 0 Å². The van der Waals surface area contributed by atoms with E-state index in [1.165, 1.54) is 0 Å². The molecule has 4 nitrogen and oxygen atoms in total. The largest absolute Gasteiger partial charge is 0.481 e. The molecule has 0 amide bonds. The first-order chi connectivity index (χ1) is 9.18. The lowest BCUT2D eigenvalue weighted by molar-refractivity contribution is -0.138. The van der Waals surface area contributed by atoms with E-state index < -0.39 is 11.9 Å². The van der Waals surface area contributed by atoms with E-state index in [1.807, 2.05) is 36.4 Å². The zero-order valence-electron chi connectivity index (χ0n) is 10.6. The van der Waals surface area contributed by atoms with E-state index in [-0.39, 0.29) is 0 Å². The molecule has 4 heteroatoms. The van der Waals surface area contributed by atoms with Crippen molar-refractivity contribution >= 4 is 5.97 Å². The van der Waals surface area contributed by atoms with Crippen LogP contribution in [0.15, 0.2) is 48.7 Å². The Morgan fingerprint density at radius 1 is 1.26 bits per heavy atom. The molecule has 0 saturated carbocycles. The molecule has 1 aromatic heterocycles. The van der Waals surface area contributed by atoms with Gasteiger partial charge in [-0.3, -0.25) is 4.79 Å². The Morgan fingerprint density at radius 2 is 2.00 bits per heavy atom. The summed E-state index contributed by atoms with van der Waals surface area (Å²) in [6, 6.07) is 12.8. The van der Waals surface area contributed by atoms with Gasteiger partial charge in [0, 0.05) is 12.3 Å². The van der Waals surface area contributed by atoms with Gasteiger partial charge < -0.3 is 9.84 Å². The van der Waals surface area contributed by atoms with Crippen LogP contribution in [0.25, 0.3) is 0 Å². The van der Waals surface area contributed by atoms with Crippen LogP contribution < -0.4 is 4.74 Å². The molecule has 0 aliphatic heterocycles. The summed E-state index contributed by atoms with van der Waals surface area (Å²) in [5.41, 5.74) is 1.63. The molecule has 1 N–H and O–H groups in total. The van der Waals surface area contributed by atoms with Crippen LogP contribution in [0.2, 0.25) is 0 Å². The fourth-order valence-corrected chi connectivity index (χ4v) is 1.81. The van der Waals surface area contributed by atoms with E-state index in [9.17, 15) is 4.79 Å². The van der Waals surface area contributed by atoms with E-state index in [0.717, 1.165) is 11.1 Å². The number of carboxylic acids is 1. The lowest BCUT2D eigenvalue weighted by atomic mass is 9.96. The Kier molecular flexibility index (Phi) is 4.13. The van der Waals surface area contributed by atoms with Crippen LogP contribution in [0, 0.1) is 0 Å². The molecule has 1 heterocycles. The Labute approximate surface area is 111 Å². The molecule has 0 saturated heterocycles. The highest BCUT2D eigenvalue weighted by Gasteiger charge is 2.17. The predicted molar refractivity (Wildman–Crippen MR) is 71.1 cm³/mol. The molecule has 0 aliphatic carbocycles. The van der Waals surface area contributed by atoms with Crippen molar-refractivity contribution in [1.29, 1.82) is 0 Å². The van der Waals surface area contributed by atoms with Crippen molar-refractivity contribution in [2.24, 2.45) is 0 Å². The van der Waals surface area contributed by atoms with Gasteiger partial charge in [0.15, 0.2) is 0 Å². The van der Waals surface area contributed by atoms with Gasteiger partial charge in [0.1, 0.15) is 6.61 Å². The van der Waals surface area contributed by atoms with Crippen molar-refractivity contribution in [3.05, 3.63) is 59.8 Å². The third-order valence-electron chi connectivity index (χ3n) is 2.91. The molecule has 2 rings (SSSR count). The molecular formula is C15H15NO3. The summed E-state index contributed by atoms with van der Waals surface area (Å²) in [4.78, 5) is 15.1. The molecule has 98 valence electrons. The zero-order chi connectivity index (χ0) is 13.7. The average molecular weight is 257 g/mol. The molecule has 0 fully saturated rings. The normalized spacial score (nSPS) is 11.8. The maximum Gasteiger partial charge on any atom is 0.310 e. The number of nitrogens with zero attached hydrogens (tertiary/aromatic N) is 1. The second-order valence-corrected chi connectivity index (χ2v) is 4.22. The van der Waals surface area contributed by atoms with Gasteiger partial charge in [-0.25, -0.2) is 4.98 Å². The highest BCUT2D eigenvalue weighted by molar-refractivity contribution is 5.76. The average Bonchev–Trinajstić information content (AvgIpc) is 2.45. The number of ether oxygens (including phenoxy) is 1. The second kappa shape index (κ2) is 6.00. The topological polar surface area (TPSA) is 59.4 Å². The zero-order valence-corrected chi connectivity index (χ0v) is 10.6. The minimum atomic E-state index is -0.842. The molecular weight excluding hydrogens is 242 g/mol. The number of hydrogen-bond acceptors (Lipinski definition) is 3. The van der Waals surface area contributed by atoms with Crippen LogP contribution in [0.4, 0.5) is 0 Å². The molecule has 0 bridgehead atoms. The lowest BCUT2D eigenvalue weighted by Gasteiger charge is -2.13. The van der Waals surface area contributed by atoms with Gasteiger partial charge >= 0.3 is 5.97 Å². The van der Waals surface area contributed by atoms with Gasteiger partial charge in [0.25, 0.3) is 0 Å². The first-order valence-electron chi connectivity index (χ1n) is 6.03. The van der Waals surface area contributed by atoms with E-state index in [1.54, 1.807) is 19.2 Å². The summed E-state index contributed by atoms with van der Waals surface area (Å²) < 4.78 is 5.56. The summed E-state index contributed by atoms with van der Waals surface area (Å²) in [6.07, 6.45) is 1.65. The predicted octanol–water partition coefficient (Wildman–Crippen LogP) is 2.85. The number of pyridine rings is 1. The van der Waals surface area contributed by atoms with Crippen LogP contribution in [-0.4, -0.2) is 16.1 Å². The van der Waals surface area contributed by atoms with Crippen molar-refractivity contribution in [2.45, 2.75) is 19.4 Å². The molecule has 0 aliphatic rings. The Bertz CT molecular complexity index is 554. The lowest BCUT2D eigenvalue weighted by Crippen LogP contribution is -2.11. The Hall–Kier alpha value is -2.36. The first kappa shape index (κ1) is 13.1. The van der Waals surface area contributed by atoms with E-state index in [2.05, 4.69) is 4.98 Å². The number of carboxylic acid groups (broad SMARTS) is 1. The fourth-order valence-electron chi connectivity index (χ4n) is 1.81. The van der Waals surface area contributed by atoms with Gasteiger partial charge in [-0.2, -0.15) is 0 Å². The Morgan fingerprint density at radius 3 is 2.68 bits per heavy atom. The molecule has 19 heavy (non-hydrogen) atoms. The fraction of sp³-hybridized carbons (Fsp3) is 0.200. The van der Waals surface area contributed by atoms with E-state index in [0.29, 0.717) is 12.5 Å². The van der Waals surface area contributed by atoms with Crippen molar-refractivity contribution in [2.75, 3.05) is 0 Å². The summed E-state index contributed by atoms with van der Waals surface area (Å²) in [5, 5.41) is 9.09.